The zero-order chi connectivity index (χ0) is 22.1. The van der Waals surface area contributed by atoms with Gasteiger partial charge in [0.25, 0.3) is 0 Å². The lowest BCUT2D eigenvalue weighted by Crippen LogP contribution is -2.54. The molecule has 3 aliphatic rings. The van der Waals surface area contributed by atoms with Gasteiger partial charge in [-0.25, -0.2) is 4.39 Å². The average Bonchev–Trinajstić information content (AvgIpc) is 3.15. The van der Waals surface area contributed by atoms with E-state index in [2.05, 4.69) is 37.8 Å². The Morgan fingerprint density at radius 3 is 2.66 bits per heavy atom. The Balaban J connectivity index is 1.34. The fraction of sp³-hybridized carbons (Fsp3) is 0.435. The van der Waals surface area contributed by atoms with Gasteiger partial charge in [-0.15, -0.1) is 5.10 Å². The Bertz CT molecular complexity index is 979. The highest BCUT2D eigenvalue weighted by molar-refractivity contribution is 6.30. The fourth-order valence-electron chi connectivity index (χ4n) is 4.82. The third-order valence-electron chi connectivity index (χ3n) is 6.49. The largest absolute Gasteiger partial charge is 0.492 e. The number of halogens is 2. The van der Waals surface area contributed by atoms with Crippen LogP contribution in [0.2, 0.25) is 5.02 Å². The number of rotatable bonds is 3. The van der Waals surface area contributed by atoms with Gasteiger partial charge < -0.3 is 15.0 Å². The standard InChI is InChI=1S/C23H28ClFN6O/c24-17-3-1-15(2-4-17)11-20-14-32-21-6-5-18(25)12-16(21)13-31(20)19-7-9-30(10-8-19)23-27-22(26)28-29-23/h1-6,12,19-20,22,28H,7-11,13-14,26H2,(H,27,29). The Hall–Kier alpha value is -2.55. The minimum absolute atomic E-state index is 0.181. The Labute approximate surface area is 192 Å². The first-order chi connectivity index (χ1) is 15.5. The summed E-state index contributed by atoms with van der Waals surface area (Å²) in [6.45, 7) is 2.99. The molecule has 0 aliphatic carbocycles. The molecule has 3 aliphatic heterocycles. The summed E-state index contributed by atoms with van der Waals surface area (Å²) < 4.78 is 20.2. The summed E-state index contributed by atoms with van der Waals surface area (Å²) in [5.41, 5.74) is 10.8. The summed E-state index contributed by atoms with van der Waals surface area (Å²) in [7, 11) is 0. The van der Waals surface area contributed by atoms with E-state index in [1.165, 1.54) is 11.6 Å². The third-order valence-corrected chi connectivity index (χ3v) is 6.74. The molecule has 2 aromatic carbocycles. The van der Waals surface area contributed by atoms with Crippen LogP contribution in [-0.4, -0.2) is 53.8 Å². The Kier molecular flexibility index (Phi) is 6.08. The van der Waals surface area contributed by atoms with E-state index in [9.17, 15) is 4.39 Å². The topological polar surface area (TPSA) is 78.2 Å². The van der Waals surface area contributed by atoms with Gasteiger partial charge in [0.15, 0.2) is 6.29 Å². The summed E-state index contributed by atoms with van der Waals surface area (Å²) >= 11 is 6.08. The van der Waals surface area contributed by atoms with Gasteiger partial charge in [0.1, 0.15) is 18.2 Å². The minimum atomic E-state index is -0.333. The number of hydrogen-bond donors (Lipinski definition) is 3. The second kappa shape index (κ2) is 9.13. The minimum Gasteiger partial charge on any atom is -0.492 e. The molecule has 0 radical (unpaired) electrons. The molecule has 3 heterocycles. The van der Waals surface area contributed by atoms with Gasteiger partial charge in [-0.2, -0.15) is 0 Å². The number of fused-ring (bicyclic) bond motifs is 1. The number of likely N-dealkylation sites (tertiary alicyclic amines) is 1. The van der Waals surface area contributed by atoms with E-state index in [-0.39, 0.29) is 18.1 Å². The molecule has 170 valence electrons. The number of nitrogens with two attached hydrogens (primary N) is 1. The van der Waals surface area contributed by atoms with E-state index < -0.39 is 0 Å². The molecule has 4 N–H and O–H groups in total. The van der Waals surface area contributed by atoms with Gasteiger partial charge in [-0.1, -0.05) is 23.7 Å². The van der Waals surface area contributed by atoms with Gasteiger partial charge in [-0.05, 0) is 55.2 Å². The normalized spacial score (nSPS) is 24.1. The summed E-state index contributed by atoms with van der Waals surface area (Å²) in [5.74, 6) is 1.35. The number of nitrogens with zero attached hydrogens (tertiary/aromatic N) is 3. The van der Waals surface area contributed by atoms with Crippen LogP contribution in [0.3, 0.4) is 0 Å². The molecular weight excluding hydrogens is 431 g/mol. The van der Waals surface area contributed by atoms with Crippen LogP contribution in [-0.2, 0) is 13.0 Å². The molecule has 0 spiro atoms. The van der Waals surface area contributed by atoms with Crippen LogP contribution in [0.4, 0.5) is 4.39 Å². The molecule has 0 aromatic heterocycles. The molecule has 0 bridgehead atoms. The van der Waals surface area contributed by atoms with Crippen molar-refractivity contribution in [2.75, 3.05) is 19.7 Å². The van der Waals surface area contributed by atoms with E-state index >= 15 is 0 Å². The highest BCUT2D eigenvalue weighted by Crippen LogP contribution is 2.31. The molecule has 5 rings (SSSR count). The molecule has 0 saturated carbocycles. The molecule has 32 heavy (non-hydrogen) atoms. The van der Waals surface area contributed by atoms with E-state index in [4.69, 9.17) is 22.1 Å². The number of hydrogen-bond acceptors (Lipinski definition) is 7. The van der Waals surface area contributed by atoms with Crippen LogP contribution in [0.5, 0.6) is 5.75 Å². The molecule has 1 fully saturated rings. The van der Waals surface area contributed by atoms with E-state index in [0.717, 1.165) is 54.6 Å². The highest BCUT2D eigenvalue weighted by Gasteiger charge is 2.34. The maximum Gasteiger partial charge on any atom is 0.219 e. The predicted octanol–water partition coefficient (Wildman–Crippen LogP) is 2.46. The number of piperidine rings is 1. The van der Waals surface area contributed by atoms with E-state index in [0.29, 0.717) is 19.2 Å². The SMILES string of the molecule is NC1NN=C(N2CCC(N3Cc4cc(F)ccc4OCC3Cc3ccc(Cl)cc3)CC2)N1. The summed E-state index contributed by atoms with van der Waals surface area (Å²) in [5, 5.41) is 8.16. The fourth-order valence-corrected chi connectivity index (χ4v) is 4.95. The van der Waals surface area contributed by atoms with Crippen molar-refractivity contribution in [2.24, 2.45) is 10.8 Å². The van der Waals surface area contributed by atoms with Crippen LogP contribution in [0.25, 0.3) is 0 Å². The maximum absolute atomic E-state index is 14.0. The third kappa shape index (κ3) is 4.62. The van der Waals surface area contributed by atoms with E-state index in [1.807, 2.05) is 12.1 Å². The quantitative estimate of drug-likeness (QED) is 0.656. The molecule has 2 aromatic rings. The molecule has 2 unspecified atom stereocenters. The summed E-state index contributed by atoms with van der Waals surface area (Å²) in [6.07, 6.45) is 2.48. The second-order valence-electron chi connectivity index (χ2n) is 8.62. The lowest BCUT2D eigenvalue weighted by Gasteiger charge is -2.41. The summed E-state index contributed by atoms with van der Waals surface area (Å²) in [6, 6.07) is 13.4. The number of nitrogens with one attached hydrogen (secondary N) is 2. The van der Waals surface area contributed by atoms with Crippen molar-refractivity contribution in [3.63, 3.8) is 0 Å². The van der Waals surface area contributed by atoms with Crippen LogP contribution in [0.1, 0.15) is 24.0 Å². The first-order valence-electron chi connectivity index (χ1n) is 11.1. The first kappa shape index (κ1) is 21.3. The van der Waals surface area contributed by atoms with Crippen LogP contribution in [0, 0.1) is 5.82 Å². The van der Waals surface area contributed by atoms with Crippen LogP contribution < -0.4 is 21.2 Å². The van der Waals surface area contributed by atoms with Crippen LogP contribution in [0.15, 0.2) is 47.6 Å². The smallest absolute Gasteiger partial charge is 0.219 e. The first-order valence-corrected chi connectivity index (χ1v) is 11.4. The second-order valence-corrected chi connectivity index (χ2v) is 9.06. The lowest BCUT2D eigenvalue weighted by molar-refractivity contribution is 0.0667. The number of hydrazone groups is 1. The van der Waals surface area contributed by atoms with Crippen molar-refractivity contribution in [2.45, 2.75) is 44.2 Å². The average molecular weight is 459 g/mol. The van der Waals surface area contributed by atoms with E-state index in [1.54, 1.807) is 12.1 Å². The van der Waals surface area contributed by atoms with Crippen molar-refractivity contribution in [3.8, 4) is 5.75 Å². The van der Waals surface area contributed by atoms with Gasteiger partial charge in [0.2, 0.25) is 5.96 Å². The zero-order valence-corrected chi connectivity index (χ0v) is 18.6. The maximum atomic E-state index is 14.0. The van der Waals surface area contributed by atoms with Crippen LogP contribution >= 0.6 is 11.6 Å². The van der Waals surface area contributed by atoms with Crippen molar-refractivity contribution < 1.29 is 9.13 Å². The predicted molar refractivity (Wildman–Crippen MR) is 123 cm³/mol. The monoisotopic (exact) mass is 458 g/mol. The zero-order valence-electron chi connectivity index (χ0n) is 17.8. The lowest BCUT2D eigenvalue weighted by atomic mass is 9.97. The number of benzene rings is 2. The summed E-state index contributed by atoms with van der Waals surface area (Å²) in [4.78, 5) is 4.73. The molecule has 1 saturated heterocycles. The van der Waals surface area contributed by atoms with Crippen molar-refractivity contribution in [1.82, 2.24) is 20.5 Å². The number of guanidine groups is 1. The molecular formula is C23H28ClFN6O. The molecule has 9 heteroatoms. The molecule has 2 atom stereocenters. The van der Waals surface area contributed by atoms with Crippen molar-refractivity contribution in [3.05, 3.63) is 64.4 Å². The Morgan fingerprint density at radius 1 is 1.16 bits per heavy atom. The van der Waals surface area contributed by atoms with Crippen molar-refractivity contribution >= 4 is 17.6 Å². The van der Waals surface area contributed by atoms with Gasteiger partial charge in [0.05, 0.1) is 0 Å². The van der Waals surface area contributed by atoms with Gasteiger partial charge >= 0.3 is 0 Å². The van der Waals surface area contributed by atoms with Gasteiger partial charge in [-0.3, -0.25) is 16.1 Å². The Morgan fingerprint density at radius 2 is 1.94 bits per heavy atom. The van der Waals surface area contributed by atoms with Gasteiger partial charge in [0, 0.05) is 42.3 Å². The highest BCUT2D eigenvalue weighted by atomic mass is 35.5. The number of ether oxygens (including phenoxy) is 1. The molecule has 7 nitrogen and oxygen atoms in total. The van der Waals surface area contributed by atoms with Crippen molar-refractivity contribution in [1.29, 1.82) is 0 Å². The molecule has 0 amide bonds.